The van der Waals surface area contributed by atoms with E-state index in [9.17, 15) is 9.59 Å². The van der Waals surface area contributed by atoms with Crippen molar-refractivity contribution in [2.24, 2.45) is 0 Å². The lowest BCUT2D eigenvalue weighted by Gasteiger charge is -2.18. The summed E-state index contributed by atoms with van der Waals surface area (Å²) in [7, 11) is 0. The molecular formula is C13H12BrNO2. The van der Waals surface area contributed by atoms with Gasteiger partial charge >= 0.3 is 0 Å². The zero-order chi connectivity index (χ0) is 12.7. The van der Waals surface area contributed by atoms with Crippen LogP contribution in [0, 0.1) is 6.92 Å². The summed E-state index contributed by atoms with van der Waals surface area (Å²) in [6.45, 7) is 5.24. The van der Waals surface area contributed by atoms with E-state index in [0.29, 0.717) is 16.8 Å². The largest absolute Gasteiger partial charge is 0.269 e. The fourth-order valence-electron chi connectivity index (χ4n) is 1.81. The molecule has 0 bridgehead atoms. The van der Waals surface area contributed by atoms with Crippen LogP contribution in [0.3, 0.4) is 0 Å². The van der Waals surface area contributed by atoms with Gasteiger partial charge in [-0.1, -0.05) is 22.0 Å². The molecule has 3 nitrogen and oxygen atoms in total. The maximum absolute atomic E-state index is 12.0. The van der Waals surface area contributed by atoms with Crippen molar-refractivity contribution in [3.8, 4) is 0 Å². The minimum absolute atomic E-state index is 0.228. The number of benzene rings is 1. The average Bonchev–Trinajstić information content (AvgIpc) is 2.49. The van der Waals surface area contributed by atoms with Crippen LogP contribution in [-0.4, -0.2) is 11.8 Å². The normalized spacial score (nSPS) is 16.1. The third-order valence-corrected chi connectivity index (χ3v) is 3.95. The molecule has 1 aliphatic heterocycles. The smallest absolute Gasteiger partial charge is 0.261 e. The van der Waals surface area contributed by atoms with Crippen molar-refractivity contribution >= 4 is 33.4 Å². The molecule has 17 heavy (non-hydrogen) atoms. The number of carbonyl (C=O) groups excluding carboxylic acids is 2. The fourth-order valence-corrected chi connectivity index (χ4v) is 2.16. The number of anilines is 1. The topological polar surface area (TPSA) is 37.4 Å². The lowest BCUT2D eigenvalue weighted by molar-refractivity contribution is -0.120. The van der Waals surface area contributed by atoms with Gasteiger partial charge in [0.25, 0.3) is 11.8 Å². The summed E-state index contributed by atoms with van der Waals surface area (Å²) in [6, 6.07) is 5.48. The third kappa shape index (κ3) is 1.72. The lowest BCUT2D eigenvalue weighted by atomic mass is 10.2. The van der Waals surface area contributed by atoms with Crippen LogP contribution in [0.5, 0.6) is 0 Å². The Morgan fingerprint density at radius 1 is 1.00 bits per heavy atom. The van der Waals surface area contributed by atoms with E-state index in [-0.39, 0.29) is 11.8 Å². The summed E-state index contributed by atoms with van der Waals surface area (Å²) in [4.78, 5) is 25.3. The molecule has 1 heterocycles. The van der Waals surface area contributed by atoms with Crippen molar-refractivity contribution in [1.29, 1.82) is 0 Å². The molecule has 0 atom stereocenters. The summed E-state index contributed by atoms with van der Waals surface area (Å²) in [5, 5.41) is 0. The van der Waals surface area contributed by atoms with Gasteiger partial charge in [-0.15, -0.1) is 0 Å². The molecule has 0 N–H and O–H groups in total. The molecule has 4 heteroatoms. The molecule has 1 aromatic carbocycles. The van der Waals surface area contributed by atoms with Crippen LogP contribution in [0.2, 0.25) is 0 Å². The van der Waals surface area contributed by atoms with E-state index in [1.165, 1.54) is 4.90 Å². The van der Waals surface area contributed by atoms with Crippen molar-refractivity contribution in [3.63, 3.8) is 0 Å². The number of hydrogen-bond donors (Lipinski definition) is 0. The second kappa shape index (κ2) is 4.11. The minimum Gasteiger partial charge on any atom is -0.269 e. The van der Waals surface area contributed by atoms with Gasteiger partial charge in [0.1, 0.15) is 0 Å². The van der Waals surface area contributed by atoms with Gasteiger partial charge in [-0.3, -0.25) is 9.59 Å². The highest BCUT2D eigenvalue weighted by Crippen LogP contribution is 2.32. The van der Waals surface area contributed by atoms with Crippen LogP contribution < -0.4 is 4.90 Å². The number of hydrogen-bond acceptors (Lipinski definition) is 2. The van der Waals surface area contributed by atoms with E-state index in [1.807, 2.05) is 19.1 Å². The first-order chi connectivity index (χ1) is 7.95. The van der Waals surface area contributed by atoms with Gasteiger partial charge in [0.15, 0.2) is 0 Å². The Morgan fingerprint density at radius 2 is 1.53 bits per heavy atom. The average molecular weight is 294 g/mol. The number of imide groups is 1. The van der Waals surface area contributed by atoms with Gasteiger partial charge in [-0.05, 0) is 38.5 Å². The SMILES string of the molecule is CC1=C(C)C(=O)N(c2cccc(Br)c2C)C1=O. The zero-order valence-electron chi connectivity index (χ0n) is 9.87. The Labute approximate surface area is 108 Å². The summed E-state index contributed by atoms with van der Waals surface area (Å²) >= 11 is 3.40. The number of amides is 2. The van der Waals surface area contributed by atoms with Crippen molar-refractivity contribution in [2.45, 2.75) is 20.8 Å². The molecule has 0 unspecified atom stereocenters. The van der Waals surface area contributed by atoms with Crippen molar-refractivity contribution < 1.29 is 9.59 Å². The van der Waals surface area contributed by atoms with E-state index in [1.54, 1.807) is 19.9 Å². The highest BCUT2D eigenvalue weighted by Gasteiger charge is 2.35. The first-order valence-electron chi connectivity index (χ1n) is 5.26. The predicted molar refractivity (Wildman–Crippen MR) is 69.7 cm³/mol. The Balaban J connectivity index is 2.55. The van der Waals surface area contributed by atoms with Crippen molar-refractivity contribution in [2.75, 3.05) is 4.90 Å². The van der Waals surface area contributed by atoms with E-state index in [0.717, 1.165) is 10.0 Å². The molecule has 0 saturated carbocycles. The molecule has 88 valence electrons. The highest BCUT2D eigenvalue weighted by atomic mass is 79.9. The van der Waals surface area contributed by atoms with Crippen LogP contribution in [0.15, 0.2) is 33.8 Å². The second-order valence-electron chi connectivity index (χ2n) is 4.08. The number of carbonyl (C=O) groups is 2. The van der Waals surface area contributed by atoms with Gasteiger partial charge in [0, 0.05) is 15.6 Å². The Hall–Kier alpha value is -1.42. The second-order valence-corrected chi connectivity index (χ2v) is 4.93. The van der Waals surface area contributed by atoms with Gasteiger partial charge < -0.3 is 0 Å². The maximum Gasteiger partial charge on any atom is 0.261 e. The molecule has 2 amide bonds. The minimum atomic E-state index is -0.228. The maximum atomic E-state index is 12.0. The summed E-state index contributed by atoms with van der Waals surface area (Å²) < 4.78 is 0.887. The van der Waals surface area contributed by atoms with E-state index in [4.69, 9.17) is 0 Å². The highest BCUT2D eigenvalue weighted by molar-refractivity contribution is 9.10. The number of halogens is 1. The quantitative estimate of drug-likeness (QED) is 0.747. The van der Waals surface area contributed by atoms with Crippen LogP contribution >= 0.6 is 15.9 Å². The van der Waals surface area contributed by atoms with Gasteiger partial charge in [0.05, 0.1) is 5.69 Å². The predicted octanol–water partition coefficient (Wildman–Crippen LogP) is 2.97. The van der Waals surface area contributed by atoms with Crippen molar-refractivity contribution in [3.05, 3.63) is 39.4 Å². The van der Waals surface area contributed by atoms with E-state index in [2.05, 4.69) is 15.9 Å². The van der Waals surface area contributed by atoms with E-state index >= 15 is 0 Å². The van der Waals surface area contributed by atoms with Crippen molar-refractivity contribution in [1.82, 2.24) is 0 Å². The first-order valence-corrected chi connectivity index (χ1v) is 6.06. The molecule has 0 aromatic heterocycles. The van der Waals surface area contributed by atoms with Crippen LogP contribution in [0.25, 0.3) is 0 Å². The number of rotatable bonds is 1. The number of nitrogens with zero attached hydrogens (tertiary/aromatic N) is 1. The Bertz CT molecular complexity index is 537. The van der Waals surface area contributed by atoms with Gasteiger partial charge in [-0.2, -0.15) is 0 Å². The summed E-state index contributed by atoms with van der Waals surface area (Å²) in [5.41, 5.74) is 2.58. The van der Waals surface area contributed by atoms with Crippen LogP contribution in [0.1, 0.15) is 19.4 Å². The first kappa shape index (κ1) is 12.0. The monoisotopic (exact) mass is 293 g/mol. The standard InChI is InChI=1S/C13H12BrNO2/c1-7-8(2)13(17)15(12(7)16)11-6-4-5-10(14)9(11)3/h4-6H,1-3H3. The third-order valence-electron chi connectivity index (χ3n) is 3.09. The molecule has 0 aliphatic carbocycles. The molecule has 0 spiro atoms. The van der Waals surface area contributed by atoms with Crippen LogP contribution in [-0.2, 0) is 9.59 Å². The molecular weight excluding hydrogens is 282 g/mol. The molecule has 0 fully saturated rings. The Kier molecular flexibility index (Phi) is 2.91. The zero-order valence-corrected chi connectivity index (χ0v) is 11.5. The van der Waals surface area contributed by atoms with Gasteiger partial charge in [0.2, 0.25) is 0 Å². The summed E-state index contributed by atoms with van der Waals surface area (Å²) in [5.74, 6) is -0.456. The Morgan fingerprint density at radius 3 is 2.06 bits per heavy atom. The lowest BCUT2D eigenvalue weighted by Crippen LogP contribution is -2.31. The van der Waals surface area contributed by atoms with Crippen LogP contribution in [0.4, 0.5) is 5.69 Å². The molecule has 1 aromatic rings. The fraction of sp³-hybridized carbons (Fsp3) is 0.231. The molecule has 1 aliphatic rings. The molecule has 0 radical (unpaired) electrons. The van der Waals surface area contributed by atoms with Gasteiger partial charge in [-0.25, -0.2) is 4.90 Å². The van der Waals surface area contributed by atoms with E-state index < -0.39 is 0 Å². The summed E-state index contributed by atoms with van der Waals surface area (Å²) in [6.07, 6.45) is 0. The molecule has 2 rings (SSSR count). The molecule has 0 saturated heterocycles.